The Morgan fingerprint density at radius 2 is 1.91 bits per heavy atom. The van der Waals surface area contributed by atoms with Crippen molar-refractivity contribution in [2.75, 3.05) is 12.4 Å². The maximum atomic E-state index is 5.60. The zero-order valence-corrected chi connectivity index (χ0v) is 8.61. The summed E-state index contributed by atoms with van der Waals surface area (Å²) in [5.41, 5.74) is 0.893. The van der Waals surface area contributed by atoms with E-state index in [1.54, 1.807) is 0 Å². The van der Waals surface area contributed by atoms with Gasteiger partial charge in [-0.1, -0.05) is 15.9 Å². The number of fused-ring (bicyclic) bond motifs is 2. The van der Waals surface area contributed by atoms with E-state index in [-0.39, 0.29) is 5.60 Å². The number of alkyl halides is 1. The molecule has 0 heterocycles. The standard InChI is InChI=1S/C9H15BrO/c1-11-9-4-2-8(6-9,7-10)3-5-9/h2-7H2,1H3. The van der Waals surface area contributed by atoms with Crippen molar-refractivity contribution in [3.63, 3.8) is 0 Å². The highest BCUT2D eigenvalue weighted by Gasteiger charge is 2.53. The van der Waals surface area contributed by atoms with Crippen LogP contribution in [-0.2, 0) is 4.74 Å². The Labute approximate surface area is 76.6 Å². The summed E-state index contributed by atoms with van der Waals surface area (Å²) in [6.07, 6.45) is 6.60. The molecule has 0 aromatic heterocycles. The molecule has 0 unspecified atom stereocenters. The van der Waals surface area contributed by atoms with Crippen LogP contribution in [0, 0.1) is 5.41 Å². The van der Waals surface area contributed by atoms with E-state index in [9.17, 15) is 0 Å². The summed E-state index contributed by atoms with van der Waals surface area (Å²) in [4.78, 5) is 0. The van der Waals surface area contributed by atoms with Crippen LogP contribution in [0.2, 0.25) is 0 Å². The molecule has 2 fully saturated rings. The smallest absolute Gasteiger partial charge is 0.0684 e. The van der Waals surface area contributed by atoms with Gasteiger partial charge < -0.3 is 4.74 Å². The maximum Gasteiger partial charge on any atom is 0.0684 e. The molecule has 0 amide bonds. The first kappa shape index (κ1) is 8.06. The molecule has 0 N–H and O–H groups in total. The van der Waals surface area contributed by atoms with Gasteiger partial charge in [0, 0.05) is 12.4 Å². The van der Waals surface area contributed by atoms with Gasteiger partial charge >= 0.3 is 0 Å². The van der Waals surface area contributed by atoms with Gasteiger partial charge in [0.15, 0.2) is 0 Å². The van der Waals surface area contributed by atoms with Crippen LogP contribution in [0.4, 0.5) is 0 Å². The second-order valence-electron chi connectivity index (χ2n) is 4.20. The summed E-state index contributed by atoms with van der Waals surface area (Å²) >= 11 is 3.62. The van der Waals surface area contributed by atoms with Gasteiger partial charge in [-0.25, -0.2) is 0 Å². The van der Waals surface area contributed by atoms with Crippen molar-refractivity contribution in [2.24, 2.45) is 5.41 Å². The van der Waals surface area contributed by atoms with Crippen LogP contribution in [-0.4, -0.2) is 18.0 Å². The Morgan fingerprint density at radius 1 is 1.27 bits per heavy atom. The second kappa shape index (κ2) is 2.46. The molecule has 1 nitrogen and oxygen atoms in total. The highest BCUT2D eigenvalue weighted by molar-refractivity contribution is 9.09. The van der Waals surface area contributed by atoms with Crippen molar-refractivity contribution >= 4 is 15.9 Å². The minimum Gasteiger partial charge on any atom is -0.378 e. The SMILES string of the molecule is COC12CCC(CBr)(CC1)C2. The molecule has 2 aliphatic carbocycles. The van der Waals surface area contributed by atoms with Crippen LogP contribution in [0.15, 0.2) is 0 Å². The van der Waals surface area contributed by atoms with Crippen LogP contribution in [0.5, 0.6) is 0 Å². The third-order valence-corrected chi connectivity index (χ3v) is 4.83. The third-order valence-electron chi connectivity index (χ3n) is 3.64. The van der Waals surface area contributed by atoms with E-state index in [1.165, 1.54) is 37.4 Å². The van der Waals surface area contributed by atoms with Crippen molar-refractivity contribution in [1.29, 1.82) is 0 Å². The van der Waals surface area contributed by atoms with Crippen LogP contribution >= 0.6 is 15.9 Å². The predicted octanol–water partition coefficient (Wildman–Crippen LogP) is 2.73. The number of hydrogen-bond acceptors (Lipinski definition) is 1. The molecule has 0 aromatic rings. The normalized spacial score (nSPS) is 48.5. The lowest BCUT2D eigenvalue weighted by Gasteiger charge is -2.25. The molecule has 2 aliphatic rings. The zero-order chi connectivity index (χ0) is 7.95. The molecule has 0 aromatic carbocycles. The van der Waals surface area contributed by atoms with Gasteiger partial charge in [0.25, 0.3) is 0 Å². The number of halogens is 1. The first-order valence-corrected chi connectivity index (χ1v) is 5.48. The Morgan fingerprint density at radius 3 is 2.18 bits per heavy atom. The van der Waals surface area contributed by atoms with Crippen LogP contribution in [0.25, 0.3) is 0 Å². The van der Waals surface area contributed by atoms with E-state index in [2.05, 4.69) is 15.9 Å². The molecule has 0 spiro atoms. The molecule has 0 saturated heterocycles. The highest BCUT2D eigenvalue weighted by Crippen LogP contribution is 2.58. The first-order chi connectivity index (χ1) is 5.24. The number of ether oxygens (including phenoxy) is 1. The van der Waals surface area contributed by atoms with E-state index >= 15 is 0 Å². The summed E-state index contributed by atoms with van der Waals surface area (Å²) in [5, 5.41) is 1.17. The van der Waals surface area contributed by atoms with E-state index in [0.29, 0.717) is 5.41 Å². The fourth-order valence-corrected chi connectivity index (χ4v) is 3.49. The molecule has 0 aliphatic heterocycles. The van der Waals surface area contributed by atoms with E-state index < -0.39 is 0 Å². The van der Waals surface area contributed by atoms with Gasteiger partial charge in [-0.15, -0.1) is 0 Å². The molecule has 0 atom stereocenters. The van der Waals surface area contributed by atoms with Gasteiger partial charge in [0.1, 0.15) is 0 Å². The van der Waals surface area contributed by atoms with E-state index in [4.69, 9.17) is 4.74 Å². The summed E-state index contributed by atoms with van der Waals surface area (Å²) in [5.74, 6) is 0. The second-order valence-corrected chi connectivity index (χ2v) is 4.76. The molecule has 2 saturated carbocycles. The largest absolute Gasteiger partial charge is 0.378 e. The average Bonchev–Trinajstić information content (AvgIpc) is 2.61. The monoisotopic (exact) mass is 218 g/mol. The fraction of sp³-hybridized carbons (Fsp3) is 1.00. The number of rotatable bonds is 2. The van der Waals surface area contributed by atoms with Gasteiger partial charge in [0.05, 0.1) is 5.60 Å². The molecule has 2 bridgehead atoms. The Bertz CT molecular complexity index is 141. The van der Waals surface area contributed by atoms with Crippen LogP contribution in [0.3, 0.4) is 0 Å². The van der Waals surface area contributed by atoms with Crippen molar-refractivity contribution in [3.05, 3.63) is 0 Å². The number of hydrogen-bond donors (Lipinski definition) is 0. The fourth-order valence-electron chi connectivity index (χ4n) is 2.73. The van der Waals surface area contributed by atoms with Crippen LogP contribution < -0.4 is 0 Å². The molecule has 64 valence electrons. The van der Waals surface area contributed by atoms with Gasteiger partial charge in [0.2, 0.25) is 0 Å². The van der Waals surface area contributed by atoms with Gasteiger partial charge in [-0.2, -0.15) is 0 Å². The minimum atomic E-state index is 0.285. The number of methoxy groups -OCH3 is 1. The Kier molecular flexibility index (Phi) is 1.80. The molecular formula is C9H15BrO. The Balaban J connectivity index is 2.15. The predicted molar refractivity (Wildman–Crippen MR) is 49.1 cm³/mol. The minimum absolute atomic E-state index is 0.285. The van der Waals surface area contributed by atoms with E-state index in [0.717, 1.165) is 0 Å². The Hall–Kier alpha value is 0.440. The lowest BCUT2D eigenvalue weighted by atomic mass is 9.86. The third kappa shape index (κ3) is 1.06. The van der Waals surface area contributed by atoms with E-state index in [1.807, 2.05) is 7.11 Å². The van der Waals surface area contributed by atoms with Crippen molar-refractivity contribution in [2.45, 2.75) is 37.7 Å². The quantitative estimate of drug-likeness (QED) is 0.649. The topological polar surface area (TPSA) is 9.23 Å². The lowest BCUT2D eigenvalue weighted by molar-refractivity contribution is -0.000334. The maximum absolute atomic E-state index is 5.60. The van der Waals surface area contributed by atoms with Gasteiger partial charge in [-0.05, 0) is 37.5 Å². The first-order valence-electron chi connectivity index (χ1n) is 4.35. The summed E-state index contributed by atoms with van der Waals surface area (Å²) in [7, 11) is 1.87. The average molecular weight is 219 g/mol. The van der Waals surface area contributed by atoms with Crippen molar-refractivity contribution in [3.8, 4) is 0 Å². The summed E-state index contributed by atoms with van der Waals surface area (Å²) in [6, 6.07) is 0. The zero-order valence-electron chi connectivity index (χ0n) is 7.03. The van der Waals surface area contributed by atoms with Crippen molar-refractivity contribution < 1.29 is 4.74 Å². The molecule has 2 heteroatoms. The molecule has 0 radical (unpaired) electrons. The summed E-state index contributed by atoms with van der Waals surface area (Å²) < 4.78 is 5.60. The van der Waals surface area contributed by atoms with Gasteiger partial charge in [-0.3, -0.25) is 0 Å². The van der Waals surface area contributed by atoms with Crippen molar-refractivity contribution in [1.82, 2.24) is 0 Å². The lowest BCUT2D eigenvalue weighted by Crippen LogP contribution is -2.24. The van der Waals surface area contributed by atoms with Crippen LogP contribution in [0.1, 0.15) is 32.1 Å². The molecule has 11 heavy (non-hydrogen) atoms. The molecule has 2 rings (SSSR count). The molecular weight excluding hydrogens is 204 g/mol. The highest BCUT2D eigenvalue weighted by atomic mass is 79.9. The summed E-state index contributed by atoms with van der Waals surface area (Å²) in [6.45, 7) is 0.